The minimum Gasteiger partial charge on any atom is -0.493 e. The summed E-state index contributed by atoms with van der Waals surface area (Å²) >= 11 is 3.50. The van der Waals surface area contributed by atoms with Crippen molar-refractivity contribution in [3.63, 3.8) is 0 Å². The van der Waals surface area contributed by atoms with Crippen LogP contribution in [0.2, 0.25) is 0 Å². The molecule has 0 aliphatic rings. The van der Waals surface area contributed by atoms with Crippen LogP contribution in [-0.2, 0) is 6.61 Å². The Hall–Kier alpha value is -2.21. The van der Waals surface area contributed by atoms with E-state index in [1.165, 1.54) is 6.92 Å². The molecule has 0 saturated carbocycles. The first-order valence-electron chi connectivity index (χ1n) is 7.22. The van der Waals surface area contributed by atoms with E-state index in [1.807, 2.05) is 12.1 Å². The van der Waals surface area contributed by atoms with Crippen molar-refractivity contribution in [2.75, 3.05) is 21.3 Å². The highest BCUT2D eigenvalue weighted by atomic mass is 79.9. The van der Waals surface area contributed by atoms with Gasteiger partial charge >= 0.3 is 0 Å². The van der Waals surface area contributed by atoms with Crippen LogP contribution >= 0.6 is 15.9 Å². The highest BCUT2D eigenvalue weighted by Crippen LogP contribution is 2.35. The van der Waals surface area contributed by atoms with Crippen LogP contribution in [0.5, 0.6) is 23.0 Å². The summed E-state index contributed by atoms with van der Waals surface area (Å²) in [7, 11) is 4.71. The lowest BCUT2D eigenvalue weighted by molar-refractivity contribution is 0.101. The highest BCUT2D eigenvalue weighted by Gasteiger charge is 2.12. The van der Waals surface area contributed by atoms with E-state index in [1.54, 1.807) is 39.5 Å². The van der Waals surface area contributed by atoms with E-state index in [9.17, 15) is 4.79 Å². The zero-order valence-electron chi connectivity index (χ0n) is 14.0. The third-order valence-corrected chi connectivity index (χ3v) is 4.24. The van der Waals surface area contributed by atoms with Crippen molar-refractivity contribution < 1.29 is 23.7 Å². The summed E-state index contributed by atoms with van der Waals surface area (Å²) in [5, 5.41) is 0. The molecule has 0 saturated heterocycles. The van der Waals surface area contributed by atoms with Gasteiger partial charge in [0.1, 0.15) is 6.61 Å². The van der Waals surface area contributed by atoms with Gasteiger partial charge in [-0.05, 0) is 37.3 Å². The first-order chi connectivity index (χ1) is 11.5. The Morgan fingerprint density at radius 2 is 1.50 bits per heavy atom. The molecule has 0 N–H and O–H groups in total. The highest BCUT2D eigenvalue weighted by molar-refractivity contribution is 9.10. The number of ether oxygens (including phenoxy) is 4. The van der Waals surface area contributed by atoms with Crippen molar-refractivity contribution in [1.82, 2.24) is 0 Å². The number of Topliss-reactive ketones (excluding diaryl/α,β-unsaturated/α-hetero) is 1. The maximum absolute atomic E-state index is 11.5. The molecule has 0 aliphatic heterocycles. The first-order valence-corrected chi connectivity index (χ1v) is 8.01. The Labute approximate surface area is 149 Å². The summed E-state index contributed by atoms with van der Waals surface area (Å²) < 4.78 is 22.6. The van der Waals surface area contributed by atoms with Gasteiger partial charge in [0.25, 0.3) is 0 Å². The molecule has 0 radical (unpaired) electrons. The van der Waals surface area contributed by atoms with Gasteiger partial charge in [0.15, 0.2) is 28.8 Å². The first kappa shape index (κ1) is 18.1. The summed E-state index contributed by atoms with van der Waals surface area (Å²) in [5.74, 6) is 2.31. The number of methoxy groups -OCH3 is 3. The minimum atomic E-state index is -0.0255. The van der Waals surface area contributed by atoms with Gasteiger partial charge in [-0.1, -0.05) is 15.9 Å². The molecule has 0 atom stereocenters. The van der Waals surface area contributed by atoms with Crippen LogP contribution in [0.1, 0.15) is 22.8 Å². The van der Waals surface area contributed by atoms with E-state index >= 15 is 0 Å². The molecule has 2 aromatic carbocycles. The second-order valence-electron chi connectivity index (χ2n) is 5.01. The van der Waals surface area contributed by atoms with Crippen LogP contribution < -0.4 is 18.9 Å². The van der Waals surface area contributed by atoms with Gasteiger partial charge in [0, 0.05) is 15.6 Å². The minimum absolute atomic E-state index is 0.0255. The fourth-order valence-electron chi connectivity index (χ4n) is 2.17. The van der Waals surface area contributed by atoms with E-state index in [4.69, 9.17) is 18.9 Å². The average molecular weight is 395 g/mol. The molecular formula is C18H19BrO5. The molecule has 128 valence electrons. The third kappa shape index (κ3) is 4.00. The summed E-state index contributed by atoms with van der Waals surface area (Å²) in [5.41, 5.74) is 1.47. The lowest BCUT2D eigenvalue weighted by atomic mass is 10.1. The Balaban J connectivity index is 2.23. The van der Waals surface area contributed by atoms with Gasteiger partial charge in [-0.2, -0.15) is 0 Å². The van der Waals surface area contributed by atoms with Crippen LogP contribution in [0.15, 0.2) is 34.8 Å². The van der Waals surface area contributed by atoms with E-state index in [2.05, 4.69) is 15.9 Å². The number of rotatable bonds is 7. The van der Waals surface area contributed by atoms with Crippen molar-refractivity contribution in [3.05, 3.63) is 45.9 Å². The molecule has 0 bridgehead atoms. The SMILES string of the molecule is COc1cc(Br)c(COc2ccc(C(C)=O)cc2OC)cc1OC. The molecule has 5 nitrogen and oxygen atoms in total. The van der Waals surface area contributed by atoms with Crippen molar-refractivity contribution >= 4 is 21.7 Å². The van der Waals surface area contributed by atoms with E-state index < -0.39 is 0 Å². The molecule has 0 fully saturated rings. The lowest BCUT2D eigenvalue weighted by Gasteiger charge is -2.14. The second-order valence-corrected chi connectivity index (χ2v) is 5.86. The Bertz CT molecular complexity index is 742. The number of ketones is 1. The number of hydrogen-bond acceptors (Lipinski definition) is 5. The van der Waals surface area contributed by atoms with E-state index in [0.29, 0.717) is 35.2 Å². The summed E-state index contributed by atoms with van der Waals surface area (Å²) in [6.45, 7) is 1.81. The molecule has 0 unspecified atom stereocenters. The molecule has 6 heteroatoms. The van der Waals surface area contributed by atoms with Crippen LogP contribution in [0.25, 0.3) is 0 Å². The maximum atomic E-state index is 11.5. The molecule has 0 amide bonds. The van der Waals surface area contributed by atoms with Gasteiger partial charge in [0.05, 0.1) is 21.3 Å². The molecule has 24 heavy (non-hydrogen) atoms. The smallest absolute Gasteiger partial charge is 0.161 e. The predicted octanol–water partition coefficient (Wildman–Crippen LogP) is 4.26. The molecule has 0 heterocycles. The molecule has 2 aromatic rings. The van der Waals surface area contributed by atoms with Crippen molar-refractivity contribution in [2.24, 2.45) is 0 Å². The fraction of sp³-hybridized carbons (Fsp3) is 0.278. The Kier molecular flexibility index (Phi) is 6.09. The maximum Gasteiger partial charge on any atom is 0.161 e. The van der Waals surface area contributed by atoms with Crippen LogP contribution in [0.4, 0.5) is 0 Å². The van der Waals surface area contributed by atoms with Crippen LogP contribution in [0.3, 0.4) is 0 Å². The molecular weight excluding hydrogens is 376 g/mol. The normalized spacial score (nSPS) is 10.2. The zero-order chi connectivity index (χ0) is 17.7. The number of carbonyl (C=O) groups excluding carboxylic acids is 1. The number of benzene rings is 2. The van der Waals surface area contributed by atoms with E-state index in [0.717, 1.165) is 10.0 Å². The second kappa shape index (κ2) is 8.06. The Morgan fingerprint density at radius 1 is 0.917 bits per heavy atom. The predicted molar refractivity (Wildman–Crippen MR) is 94.6 cm³/mol. The van der Waals surface area contributed by atoms with Crippen molar-refractivity contribution in [2.45, 2.75) is 13.5 Å². The van der Waals surface area contributed by atoms with Gasteiger partial charge < -0.3 is 18.9 Å². The van der Waals surface area contributed by atoms with E-state index in [-0.39, 0.29) is 5.78 Å². The number of halogens is 1. The summed E-state index contributed by atoms with van der Waals surface area (Å²) in [4.78, 5) is 11.5. The zero-order valence-corrected chi connectivity index (χ0v) is 15.6. The number of hydrogen-bond donors (Lipinski definition) is 0. The van der Waals surface area contributed by atoms with Gasteiger partial charge in [0.2, 0.25) is 0 Å². The van der Waals surface area contributed by atoms with Gasteiger partial charge in [-0.25, -0.2) is 0 Å². The average Bonchev–Trinajstić information content (AvgIpc) is 2.59. The van der Waals surface area contributed by atoms with Crippen molar-refractivity contribution in [1.29, 1.82) is 0 Å². The van der Waals surface area contributed by atoms with Crippen LogP contribution in [0, 0.1) is 0 Å². The van der Waals surface area contributed by atoms with Crippen LogP contribution in [-0.4, -0.2) is 27.1 Å². The monoisotopic (exact) mass is 394 g/mol. The fourth-order valence-corrected chi connectivity index (χ4v) is 2.61. The molecule has 0 aliphatic carbocycles. The summed E-state index contributed by atoms with van der Waals surface area (Å²) in [6.07, 6.45) is 0. The lowest BCUT2D eigenvalue weighted by Crippen LogP contribution is -2.01. The molecule has 2 rings (SSSR count). The standard InChI is InChI=1S/C18H19BrO5/c1-11(20)12-5-6-15(16(7-12)21-2)24-10-13-8-17(22-3)18(23-4)9-14(13)19/h5-9H,10H2,1-4H3. The number of carbonyl (C=O) groups is 1. The quantitative estimate of drug-likeness (QED) is 0.656. The largest absolute Gasteiger partial charge is 0.493 e. The van der Waals surface area contributed by atoms with Crippen molar-refractivity contribution in [3.8, 4) is 23.0 Å². The topological polar surface area (TPSA) is 54.0 Å². The Morgan fingerprint density at radius 3 is 2.08 bits per heavy atom. The van der Waals surface area contributed by atoms with Gasteiger partial charge in [-0.3, -0.25) is 4.79 Å². The molecule has 0 aromatic heterocycles. The third-order valence-electron chi connectivity index (χ3n) is 3.51. The van der Waals surface area contributed by atoms with Gasteiger partial charge in [-0.15, -0.1) is 0 Å². The molecule has 0 spiro atoms. The summed E-state index contributed by atoms with van der Waals surface area (Å²) in [6, 6.07) is 8.78.